The Labute approximate surface area is 266 Å². The van der Waals surface area contributed by atoms with Crippen molar-refractivity contribution in [2.45, 2.75) is 64.8 Å². The Morgan fingerprint density at radius 2 is 1.74 bits per heavy atom. The lowest BCUT2D eigenvalue weighted by Gasteiger charge is -2.52. The second kappa shape index (κ2) is 14.6. The summed E-state index contributed by atoms with van der Waals surface area (Å²) in [5.41, 5.74) is 3.27. The van der Waals surface area contributed by atoms with Crippen molar-refractivity contribution in [1.29, 1.82) is 0 Å². The van der Waals surface area contributed by atoms with Crippen molar-refractivity contribution in [3.05, 3.63) is 41.2 Å². The number of aliphatic hydroxyl groups excluding tert-OH is 1. The number of amides is 2. The summed E-state index contributed by atoms with van der Waals surface area (Å²) in [5.74, 6) is -0.660. The number of hydrogen-bond donors (Lipinski definition) is 3. The first-order valence-corrected chi connectivity index (χ1v) is 15.8. The molecule has 2 atom stereocenters. The van der Waals surface area contributed by atoms with Crippen LogP contribution in [0, 0.1) is 19.8 Å². The lowest BCUT2D eigenvalue weighted by atomic mass is 9.80. The molecule has 0 saturated carbocycles. The van der Waals surface area contributed by atoms with Crippen molar-refractivity contribution in [2.24, 2.45) is 5.92 Å². The van der Waals surface area contributed by atoms with E-state index in [2.05, 4.69) is 14.9 Å². The van der Waals surface area contributed by atoms with Gasteiger partial charge in [0.2, 0.25) is 21.8 Å². The van der Waals surface area contributed by atoms with Gasteiger partial charge < -0.3 is 20.1 Å². The van der Waals surface area contributed by atoms with Crippen molar-refractivity contribution in [2.75, 3.05) is 44.3 Å². The van der Waals surface area contributed by atoms with Gasteiger partial charge in [0.1, 0.15) is 11.6 Å². The first-order chi connectivity index (χ1) is 19.3. The third-order valence-electron chi connectivity index (χ3n) is 8.22. The van der Waals surface area contributed by atoms with Crippen LogP contribution in [-0.2, 0) is 30.9 Å². The Hall–Kier alpha value is -2.42. The summed E-state index contributed by atoms with van der Waals surface area (Å²) in [6.45, 7) is 10.1. The minimum Gasteiger partial charge on any atom is -0.390 e. The van der Waals surface area contributed by atoms with E-state index in [4.69, 9.17) is 9.84 Å². The molecule has 2 aliphatic rings. The zero-order chi connectivity index (χ0) is 30.1. The number of aliphatic hydroxyl groups is 1. The topological polar surface area (TPSA) is 146 Å². The lowest BCUT2D eigenvalue weighted by Crippen LogP contribution is -2.75. The molecule has 0 aliphatic carbocycles. The van der Waals surface area contributed by atoms with E-state index < -0.39 is 27.7 Å². The summed E-state index contributed by atoms with van der Waals surface area (Å²) in [6.07, 6.45) is 1.09. The highest BCUT2D eigenvalue weighted by atomic mass is 35.5. The summed E-state index contributed by atoms with van der Waals surface area (Å²) in [4.78, 5) is 31.0. The zero-order valence-electron chi connectivity index (χ0n) is 25.5. The summed E-state index contributed by atoms with van der Waals surface area (Å²) in [5, 5.41) is 18.2. The van der Waals surface area contributed by atoms with Crippen LogP contribution >= 0.6 is 24.8 Å². The molecule has 2 aromatic rings. The molecule has 2 amide bonds. The van der Waals surface area contributed by atoms with Crippen molar-refractivity contribution in [3.8, 4) is 5.69 Å². The van der Waals surface area contributed by atoms with Gasteiger partial charge in [-0.1, -0.05) is 13.8 Å². The number of aryl methyl sites for hydroxylation is 1. The lowest BCUT2D eigenvalue weighted by molar-refractivity contribution is -0.166. The van der Waals surface area contributed by atoms with E-state index in [1.165, 1.54) is 0 Å². The molecule has 0 unspecified atom stereocenters. The first kappa shape index (κ1) is 36.8. The molecule has 0 bridgehead atoms. The van der Waals surface area contributed by atoms with E-state index in [-0.39, 0.29) is 49.1 Å². The van der Waals surface area contributed by atoms with E-state index >= 15 is 0 Å². The van der Waals surface area contributed by atoms with Gasteiger partial charge >= 0.3 is 0 Å². The maximum Gasteiger partial charge on any atom is 0.248 e. The molecule has 242 valence electrons. The van der Waals surface area contributed by atoms with E-state index in [1.807, 2.05) is 44.5 Å². The van der Waals surface area contributed by atoms with Crippen LogP contribution in [0.4, 0.5) is 5.69 Å². The zero-order valence-corrected chi connectivity index (χ0v) is 27.9. The number of methoxy groups -OCH3 is 1. The van der Waals surface area contributed by atoms with Gasteiger partial charge in [0.05, 0.1) is 30.3 Å². The number of piperazine rings is 1. The first-order valence-electron chi connectivity index (χ1n) is 13.9. The number of sulfonamides is 1. The molecule has 43 heavy (non-hydrogen) atoms. The number of nitrogens with zero attached hydrogens (tertiary/aromatic N) is 4. The van der Waals surface area contributed by atoms with Crippen molar-refractivity contribution < 1.29 is 27.9 Å². The molecular formula is C28H44Cl2N6O6S. The molecule has 2 aliphatic heterocycles. The maximum atomic E-state index is 13.5. The highest BCUT2D eigenvalue weighted by Crippen LogP contribution is 2.35. The molecule has 1 spiro atoms. The number of carbonyl (C=O) groups is 2. The number of carbonyl (C=O) groups excluding carboxylic acids is 2. The van der Waals surface area contributed by atoms with Crippen LogP contribution < -0.4 is 10.0 Å². The second-order valence-corrected chi connectivity index (χ2v) is 13.2. The normalized spacial score (nSPS) is 19.5. The van der Waals surface area contributed by atoms with Crippen LogP contribution in [0.2, 0.25) is 0 Å². The quantitative estimate of drug-likeness (QED) is 0.350. The molecule has 12 nitrogen and oxygen atoms in total. The fourth-order valence-corrected chi connectivity index (χ4v) is 6.37. The molecule has 0 radical (unpaired) electrons. The summed E-state index contributed by atoms with van der Waals surface area (Å²) < 4.78 is 32.6. The Kier molecular flexibility index (Phi) is 12.5. The SMILES string of the molecule is COCCN1C(=O)[C@@H]([C@H](O)C(C)C)NC(=O)C12CCN(Cc1c(C)nn(-c3ccc(NS(C)(=O)=O)cc3)c1C)CC2.Cl.Cl. The van der Waals surface area contributed by atoms with Gasteiger partial charge in [-0.25, -0.2) is 13.1 Å². The maximum absolute atomic E-state index is 13.5. The fraction of sp³-hybridized carbons (Fsp3) is 0.607. The van der Waals surface area contributed by atoms with Crippen molar-refractivity contribution in [3.63, 3.8) is 0 Å². The summed E-state index contributed by atoms with van der Waals surface area (Å²) in [7, 11) is -1.79. The monoisotopic (exact) mass is 662 g/mol. The number of nitrogens with one attached hydrogen (secondary N) is 2. The standard InChI is InChI=1S/C28H42N6O6S.2ClH/c1-18(2)25(35)24-26(36)33(15-16-40-5)28(27(37)29-24)11-13-32(14-12-28)17-23-19(3)30-34(20(23)4)22-9-7-21(8-10-22)31-41(6,38)39;;/h7-10,18,24-25,31,35H,11-17H2,1-6H3,(H,29,37);2*1H/t24-,25-;;/m1../s1. The molecule has 3 N–H and O–H groups in total. The fourth-order valence-electron chi connectivity index (χ4n) is 5.80. The number of hydrogen-bond acceptors (Lipinski definition) is 8. The molecule has 1 aromatic heterocycles. The van der Waals surface area contributed by atoms with E-state index in [9.17, 15) is 23.1 Å². The molecule has 1 aromatic carbocycles. The second-order valence-electron chi connectivity index (χ2n) is 11.5. The Balaban J connectivity index is 0.00000323. The van der Waals surface area contributed by atoms with Crippen molar-refractivity contribution >= 4 is 52.3 Å². The summed E-state index contributed by atoms with van der Waals surface area (Å²) >= 11 is 0. The molecule has 2 fully saturated rings. The minimum atomic E-state index is -3.36. The number of likely N-dealkylation sites (tertiary alicyclic amines) is 1. The number of rotatable bonds is 10. The number of benzene rings is 1. The van der Waals surface area contributed by atoms with Crippen molar-refractivity contribution in [1.82, 2.24) is 24.9 Å². The predicted molar refractivity (Wildman–Crippen MR) is 170 cm³/mol. The van der Waals surface area contributed by atoms with Crippen LogP contribution in [0.3, 0.4) is 0 Å². The third kappa shape index (κ3) is 7.81. The number of piperidine rings is 1. The van der Waals surface area contributed by atoms with E-state index in [0.717, 1.165) is 28.9 Å². The minimum absolute atomic E-state index is 0. The Bertz CT molecular complexity index is 1380. The number of ether oxygens (including phenoxy) is 1. The van der Waals surface area contributed by atoms with Crippen LogP contribution in [-0.4, -0.2) is 102 Å². The molecule has 15 heteroatoms. The Morgan fingerprint density at radius 1 is 1.14 bits per heavy atom. The van der Waals surface area contributed by atoms with E-state index in [1.54, 1.807) is 24.1 Å². The molecule has 2 saturated heterocycles. The van der Waals surface area contributed by atoms with Gasteiger partial charge in [0, 0.05) is 50.2 Å². The predicted octanol–water partition coefficient (Wildman–Crippen LogP) is 2.03. The van der Waals surface area contributed by atoms with Crippen LogP contribution in [0.25, 0.3) is 5.69 Å². The number of anilines is 1. The highest BCUT2D eigenvalue weighted by molar-refractivity contribution is 7.92. The van der Waals surface area contributed by atoms with Crippen LogP contribution in [0.1, 0.15) is 43.6 Å². The summed E-state index contributed by atoms with van der Waals surface area (Å²) in [6, 6.07) is 6.08. The molecular weight excluding hydrogens is 619 g/mol. The Morgan fingerprint density at radius 3 is 2.28 bits per heavy atom. The number of aromatic nitrogens is 2. The third-order valence-corrected chi connectivity index (χ3v) is 8.83. The van der Waals surface area contributed by atoms with Gasteiger partial charge in [0.15, 0.2) is 0 Å². The molecule has 3 heterocycles. The van der Waals surface area contributed by atoms with Gasteiger partial charge in [-0.15, -0.1) is 24.8 Å². The van der Waals surface area contributed by atoms with Gasteiger partial charge in [0.25, 0.3) is 0 Å². The average molecular weight is 664 g/mol. The number of halogens is 2. The van der Waals surface area contributed by atoms with Gasteiger partial charge in [-0.05, 0) is 56.9 Å². The van der Waals surface area contributed by atoms with Gasteiger partial charge in [-0.3, -0.25) is 19.2 Å². The average Bonchev–Trinajstić information content (AvgIpc) is 3.19. The molecule has 4 rings (SSSR count). The van der Waals surface area contributed by atoms with Crippen LogP contribution in [0.15, 0.2) is 24.3 Å². The van der Waals surface area contributed by atoms with Crippen LogP contribution in [0.5, 0.6) is 0 Å². The smallest absolute Gasteiger partial charge is 0.248 e. The highest BCUT2D eigenvalue weighted by Gasteiger charge is 2.54. The van der Waals surface area contributed by atoms with E-state index in [0.29, 0.717) is 44.8 Å². The largest absolute Gasteiger partial charge is 0.390 e. The van der Waals surface area contributed by atoms with Gasteiger partial charge in [-0.2, -0.15) is 5.10 Å².